The van der Waals surface area contributed by atoms with E-state index >= 15 is 0 Å². The zero-order valence-corrected chi connectivity index (χ0v) is 12.5. The Labute approximate surface area is 134 Å². The fraction of sp³-hybridized carbons (Fsp3) is 0.105. The molecule has 3 aromatic carbocycles. The molecular formula is C19H17NO3. The Kier molecular flexibility index (Phi) is 4.15. The van der Waals surface area contributed by atoms with Gasteiger partial charge in [0.2, 0.25) is 0 Å². The van der Waals surface area contributed by atoms with Crippen LogP contribution in [0.3, 0.4) is 0 Å². The van der Waals surface area contributed by atoms with Crippen molar-refractivity contribution in [1.82, 2.24) is 0 Å². The Bertz CT molecular complexity index is 853. The summed E-state index contributed by atoms with van der Waals surface area (Å²) in [6.45, 7) is 0.694. The van der Waals surface area contributed by atoms with Crippen LogP contribution in [0.2, 0.25) is 0 Å². The highest BCUT2D eigenvalue weighted by atomic mass is 16.4. The van der Waals surface area contributed by atoms with Crippen molar-refractivity contribution in [1.29, 1.82) is 0 Å². The third kappa shape index (κ3) is 3.26. The number of hydrogen-bond donors (Lipinski definition) is 3. The largest absolute Gasteiger partial charge is 0.507 e. The van der Waals surface area contributed by atoms with Crippen LogP contribution in [0.1, 0.15) is 15.9 Å². The number of aromatic carboxylic acids is 1. The average Bonchev–Trinajstić information content (AvgIpc) is 2.55. The van der Waals surface area contributed by atoms with E-state index in [1.807, 2.05) is 18.2 Å². The molecular weight excluding hydrogens is 290 g/mol. The summed E-state index contributed by atoms with van der Waals surface area (Å²) in [5.41, 5.74) is 1.86. The Morgan fingerprint density at radius 1 is 1.00 bits per heavy atom. The maximum absolute atomic E-state index is 10.9. The number of carboxylic acid groups (broad SMARTS) is 1. The van der Waals surface area contributed by atoms with Gasteiger partial charge in [0, 0.05) is 18.3 Å². The van der Waals surface area contributed by atoms with Crippen molar-refractivity contribution < 1.29 is 15.0 Å². The minimum Gasteiger partial charge on any atom is -0.507 e. The van der Waals surface area contributed by atoms with E-state index in [9.17, 15) is 9.90 Å². The molecule has 0 aromatic heterocycles. The second-order valence-corrected chi connectivity index (χ2v) is 5.35. The molecule has 0 bridgehead atoms. The van der Waals surface area contributed by atoms with E-state index in [4.69, 9.17) is 5.11 Å². The fourth-order valence-electron chi connectivity index (χ4n) is 2.67. The summed E-state index contributed by atoms with van der Waals surface area (Å²) in [5, 5.41) is 24.3. The molecule has 0 radical (unpaired) electrons. The van der Waals surface area contributed by atoms with Gasteiger partial charge in [0.1, 0.15) is 11.3 Å². The SMILES string of the molecule is O=C(O)c1ccc(NCCc2cccc3ccccc23)cc1O. The number of nitrogens with one attached hydrogen (secondary N) is 1. The van der Waals surface area contributed by atoms with Crippen molar-refractivity contribution in [3.63, 3.8) is 0 Å². The third-order valence-corrected chi connectivity index (χ3v) is 3.83. The van der Waals surface area contributed by atoms with Gasteiger partial charge in [-0.1, -0.05) is 42.5 Å². The second kappa shape index (κ2) is 6.40. The molecule has 4 heteroatoms. The highest BCUT2D eigenvalue weighted by Gasteiger charge is 2.09. The summed E-state index contributed by atoms with van der Waals surface area (Å²) in [6.07, 6.45) is 0.836. The lowest BCUT2D eigenvalue weighted by Gasteiger charge is -2.10. The quantitative estimate of drug-likeness (QED) is 0.668. The van der Waals surface area contributed by atoms with Crippen molar-refractivity contribution in [2.24, 2.45) is 0 Å². The Balaban J connectivity index is 1.69. The molecule has 116 valence electrons. The van der Waals surface area contributed by atoms with E-state index in [-0.39, 0.29) is 11.3 Å². The molecule has 0 amide bonds. The molecule has 3 rings (SSSR count). The van der Waals surface area contributed by atoms with Crippen molar-refractivity contribution in [2.45, 2.75) is 6.42 Å². The number of rotatable bonds is 5. The molecule has 3 N–H and O–H groups in total. The third-order valence-electron chi connectivity index (χ3n) is 3.83. The van der Waals surface area contributed by atoms with Gasteiger partial charge in [-0.2, -0.15) is 0 Å². The van der Waals surface area contributed by atoms with Crippen molar-refractivity contribution >= 4 is 22.4 Å². The molecule has 4 nitrogen and oxygen atoms in total. The minimum atomic E-state index is -1.13. The topological polar surface area (TPSA) is 69.6 Å². The van der Waals surface area contributed by atoms with Gasteiger partial charge in [-0.15, -0.1) is 0 Å². The summed E-state index contributed by atoms with van der Waals surface area (Å²) in [7, 11) is 0. The first-order chi connectivity index (χ1) is 11.1. The first kappa shape index (κ1) is 14.9. The lowest BCUT2D eigenvalue weighted by atomic mass is 10.0. The second-order valence-electron chi connectivity index (χ2n) is 5.35. The maximum atomic E-state index is 10.9. The van der Waals surface area contributed by atoms with E-state index in [1.165, 1.54) is 28.5 Å². The Morgan fingerprint density at radius 2 is 1.78 bits per heavy atom. The monoisotopic (exact) mass is 307 g/mol. The molecule has 0 aliphatic carbocycles. The summed E-state index contributed by atoms with van der Waals surface area (Å²) in [4.78, 5) is 10.9. The zero-order chi connectivity index (χ0) is 16.2. The van der Waals surface area contributed by atoms with Gasteiger partial charge in [0.25, 0.3) is 0 Å². The van der Waals surface area contributed by atoms with Gasteiger partial charge in [-0.3, -0.25) is 0 Å². The Morgan fingerprint density at radius 3 is 2.57 bits per heavy atom. The van der Waals surface area contributed by atoms with Crippen molar-refractivity contribution in [3.8, 4) is 5.75 Å². The van der Waals surface area contributed by atoms with Gasteiger partial charge >= 0.3 is 5.97 Å². The van der Waals surface area contributed by atoms with Crippen LogP contribution in [0.5, 0.6) is 5.75 Å². The minimum absolute atomic E-state index is 0.0930. The lowest BCUT2D eigenvalue weighted by molar-refractivity contribution is 0.0694. The summed E-state index contributed by atoms with van der Waals surface area (Å²) in [6, 6.07) is 19.0. The first-order valence-corrected chi connectivity index (χ1v) is 7.42. The van der Waals surface area contributed by atoms with Crippen LogP contribution in [0.4, 0.5) is 5.69 Å². The molecule has 23 heavy (non-hydrogen) atoms. The van der Waals surface area contributed by atoms with Crippen LogP contribution < -0.4 is 5.32 Å². The number of aromatic hydroxyl groups is 1. The predicted molar refractivity (Wildman–Crippen MR) is 91.2 cm³/mol. The van der Waals surface area contributed by atoms with Crippen LogP contribution in [-0.4, -0.2) is 22.7 Å². The van der Waals surface area contributed by atoms with Gasteiger partial charge in [0.05, 0.1) is 0 Å². The summed E-state index contributed by atoms with van der Waals surface area (Å²) in [5.74, 6) is -1.36. The summed E-state index contributed by atoms with van der Waals surface area (Å²) < 4.78 is 0. The zero-order valence-electron chi connectivity index (χ0n) is 12.5. The molecule has 0 fully saturated rings. The van der Waals surface area contributed by atoms with E-state index in [0.717, 1.165) is 6.42 Å². The van der Waals surface area contributed by atoms with Crippen LogP contribution >= 0.6 is 0 Å². The van der Waals surface area contributed by atoms with Gasteiger partial charge in [-0.05, 0) is 34.9 Å². The number of phenols is 1. The molecule has 0 spiro atoms. The van der Waals surface area contributed by atoms with Gasteiger partial charge in [0.15, 0.2) is 0 Å². The van der Waals surface area contributed by atoms with Crippen LogP contribution in [0.25, 0.3) is 10.8 Å². The molecule has 0 unspecified atom stereocenters. The maximum Gasteiger partial charge on any atom is 0.339 e. The van der Waals surface area contributed by atoms with Crippen molar-refractivity contribution in [3.05, 3.63) is 71.8 Å². The molecule has 0 heterocycles. The van der Waals surface area contributed by atoms with E-state index in [0.29, 0.717) is 12.2 Å². The van der Waals surface area contributed by atoms with Crippen molar-refractivity contribution in [2.75, 3.05) is 11.9 Å². The van der Waals surface area contributed by atoms with Crippen LogP contribution in [-0.2, 0) is 6.42 Å². The average molecular weight is 307 g/mol. The molecule has 0 atom stereocenters. The highest BCUT2D eigenvalue weighted by molar-refractivity contribution is 5.91. The lowest BCUT2D eigenvalue weighted by Crippen LogP contribution is -2.06. The molecule has 0 saturated heterocycles. The van der Waals surface area contributed by atoms with E-state index in [2.05, 4.69) is 29.6 Å². The van der Waals surface area contributed by atoms with E-state index in [1.54, 1.807) is 6.07 Å². The molecule has 0 aliphatic heterocycles. The number of benzene rings is 3. The van der Waals surface area contributed by atoms with E-state index < -0.39 is 5.97 Å². The number of fused-ring (bicyclic) bond motifs is 1. The molecule has 0 aliphatic rings. The molecule has 3 aromatic rings. The number of hydrogen-bond acceptors (Lipinski definition) is 3. The standard InChI is InChI=1S/C19H17NO3/c21-18-12-15(8-9-17(18)19(22)23)20-11-10-14-6-3-5-13-4-1-2-7-16(13)14/h1-9,12,20-21H,10-11H2,(H,22,23). The number of anilines is 1. The Hall–Kier alpha value is -3.01. The summed E-state index contributed by atoms with van der Waals surface area (Å²) >= 11 is 0. The van der Waals surface area contributed by atoms with Gasteiger partial charge < -0.3 is 15.5 Å². The highest BCUT2D eigenvalue weighted by Crippen LogP contribution is 2.22. The normalized spacial score (nSPS) is 10.6. The predicted octanol–water partition coefficient (Wildman–Crippen LogP) is 3.90. The fourth-order valence-corrected chi connectivity index (χ4v) is 2.67. The molecule has 0 saturated carbocycles. The van der Waals surface area contributed by atoms with Crippen LogP contribution in [0.15, 0.2) is 60.7 Å². The number of carboxylic acids is 1. The van der Waals surface area contributed by atoms with Crippen LogP contribution in [0, 0.1) is 0 Å². The first-order valence-electron chi connectivity index (χ1n) is 7.42. The number of carbonyl (C=O) groups is 1. The smallest absolute Gasteiger partial charge is 0.339 e. The van der Waals surface area contributed by atoms with Gasteiger partial charge in [-0.25, -0.2) is 4.79 Å².